The number of likely N-dealkylation sites (tertiary alicyclic amines) is 1. The molecule has 1 fully saturated rings. The van der Waals surface area contributed by atoms with Crippen molar-refractivity contribution in [1.82, 2.24) is 20.3 Å². The van der Waals surface area contributed by atoms with Crippen LogP contribution in [0.1, 0.15) is 49.3 Å². The number of nitrogens with zero attached hydrogens (tertiary/aromatic N) is 3. The van der Waals surface area contributed by atoms with Crippen molar-refractivity contribution in [1.29, 1.82) is 0 Å². The van der Waals surface area contributed by atoms with E-state index in [9.17, 15) is 4.79 Å². The molecular weight excluding hydrogens is 306 g/mol. The van der Waals surface area contributed by atoms with E-state index in [1.54, 1.807) is 13.0 Å². The second-order valence-electron chi connectivity index (χ2n) is 6.55. The Labute approximate surface area is 141 Å². The summed E-state index contributed by atoms with van der Waals surface area (Å²) >= 11 is 0. The summed E-state index contributed by atoms with van der Waals surface area (Å²) in [7, 11) is 0. The summed E-state index contributed by atoms with van der Waals surface area (Å²) < 4.78 is 5.01. The lowest BCUT2D eigenvalue weighted by molar-refractivity contribution is -0.122. The first-order chi connectivity index (χ1) is 11.6. The molecule has 0 unspecified atom stereocenters. The highest BCUT2D eigenvalue weighted by atomic mass is 16.5. The van der Waals surface area contributed by atoms with Crippen molar-refractivity contribution < 1.29 is 9.32 Å². The number of aromatic nitrogens is 3. The van der Waals surface area contributed by atoms with Gasteiger partial charge >= 0.3 is 0 Å². The van der Waals surface area contributed by atoms with Crippen LogP contribution < -0.4 is 5.32 Å². The molecule has 3 rings (SSSR count). The quantitative estimate of drug-likeness (QED) is 0.879. The van der Waals surface area contributed by atoms with E-state index in [1.807, 2.05) is 13.8 Å². The molecule has 0 saturated carbocycles. The van der Waals surface area contributed by atoms with E-state index in [0.717, 1.165) is 43.7 Å². The molecule has 1 saturated heterocycles. The number of aryl methyl sites for hydroxylation is 2. The van der Waals surface area contributed by atoms with Gasteiger partial charge in [0.15, 0.2) is 5.82 Å². The zero-order chi connectivity index (χ0) is 17.1. The second-order valence-corrected chi connectivity index (χ2v) is 6.55. The van der Waals surface area contributed by atoms with Gasteiger partial charge in [-0.05, 0) is 45.7 Å². The molecule has 0 aliphatic carbocycles. The highest BCUT2D eigenvalue weighted by Crippen LogP contribution is 2.28. The summed E-state index contributed by atoms with van der Waals surface area (Å²) in [6.45, 7) is 7.65. The van der Waals surface area contributed by atoms with Crippen LogP contribution in [0.15, 0.2) is 16.7 Å². The molecule has 0 radical (unpaired) electrons. The number of anilines is 1. The van der Waals surface area contributed by atoms with Crippen LogP contribution in [0.4, 0.5) is 5.82 Å². The molecule has 1 aliphatic heterocycles. The maximum atomic E-state index is 12.6. The Hall–Kier alpha value is -2.15. The van der Waals surface area contributed by atoms with Gasteiger partial charge in [-0.15, -0.1) is 0 Å². The number of carbonyl (C=O) groups excluding carboxylic acids is 1. The van der Waals surface area contributed by atoms with Gasteiger partial charge in [-0.25, -0.2) is 0 Å². The Bertz CT molecular complexity index is 693. The average molecular weight is 331 g/mol. The lowest BCUT2D eigenvalue weighted by atomic mass is 9.93. The number of amides is 1. The third-order valence-electron chi connectivity index (χ3n) is 4.61. The lowest BCUT2D eigenvalue weighted by Crippen LogP contribution is -2.48. The minimum absolute atomic E-state index is 0.0235. The van der Waals surface area contributed by atoms with Crippen LogP contribution in [0.5, 0.6) is 0 Å². The van der Waals surface area contributed by atoms with E-state index in [0.29, 0.717) is 17.5 Å². The Balaban J connectivity index is 1.66. The van der Waals surface area contributed by atoms with Crippen molar-refractivity contribution in [3.8, 4) is 0 Å². The topological polar surface area (TPSA) is 87.0 Å². The number of nitrogens with one attached hydrogen (secondary N) is 2. The van der Waals surface area contributed by atoms with Gasteiger partial charge in [0.25, 0.3) is 0 Å². The summed E-state index contributed by atoms with van der Waals surface area (Å²) in [5.41, 5.74) is 2.17. The van der Waals surface area contributed by atoms with Crippen LogP contribution in [-0.2, 0) is 4.79 Å². The second kappa shape index (κ2) is 7.17. The molecule has 130 valence electrons. The first-order valence-electron chi connectivity index (χ1n) is 8.57. The monoisotopic (exact) mass is 331 g/mol. The fraction of sp³-hybridized carbons (Fsp3) is 0.588. The Morgan fingerprint density at radius 1 is 1.50 bits per heavy atom. The normalized spacial score (nSPS) is 20.0. The predicted molar refractivity (Wildman–Crippen MR) is 90.8 cm³/mol. The van der Waals surface area contributed by atoms with E-state index in [-0.39, 0.29) is 11.9 Å². The van der Waals surface area contributed by atoms with Crippen molar-refractivity contribution >= 4 is 11.7 Å². The van der Waals surface area contributed by atoms with Crippen LogP contribution in [0, 0.1) is 13.8 Å². The Morgan fingerprint density at radius 3 is 2.96 bits per heavy atom. The van der Waals surface area contributed by atoms with Crippen LogP contribution in [0.2, 0.25) is 0 Å². The molecule has 2 atom stereocenters. The van der Waals surface area contributed by atoms with Crippen molar-refractivity contribution in [3.63, 3.8) is 0 Å². The number of carbonyl (C=O) groups is 1. The number of hydrogen-bond donors (Lipinski definition) is 2. The highest BCUT2D eigenvalue weighted by Gasteiger charge is 2.31. The van der Waals surface area contributed by atoms with E-state index in [1.165, 1.54) is 0 Å². The fourth-order valence-electron chi connectivity index (χ4n) is 3.42. The molecule has 2 N–H and O–H groups in total. The van der Waals surface area contributed by atoms with Crippen LogP contribution >= 0.6 is 0 Å². The zero-order valence-electron chi connectivity index (χ0n) is 14.5. The molecule has 7 nitrogen and oxygen atoms in total. The molecule has 24 heavy (non-hydrogen) atoms. The minimum Gasteiger partial charge on any atom is -0.360 e. The first-order valence-corrected chi connectivity index (χ1v) is 8.57. The van der Waals surface area contributed by atoms with E-state index < -0.39 is 0 Å². The van der Waals surface area contributed by atoms with Gasteiger partial charge in [-0.3, -0.25) is 14.8 Å². The van der Waals surface area contributed by atoms with Crippen molar-refractivity contribution in [2.45, 2.75) is 52.0 Å². The molecule has 1 amide bonds. The largest absolute Gasteiger partial charge is 0.360 e. The molecule has 2 aromatic rings. The standard InChI is InChI=1S/C17H25N5O2/c1-4-15(17(23)18-16-9-12(3)24-21-16)22-7-5-6-13(10-22)14-8-11(2)19-20-14/h8-9,13,15H,4-7,10H2,1-3H3,(H,19,20)(H,18,21,23)/t13-,15-/m1/s1. The molecule has 0 aromatic carbocycles. The smallest absolute Gasteiger partial charge is 0.242 e. The molecule has 7 heteroatoms. The van der Waals surface area contributed by atoms with Gasteiger partial charge in [-0.1, -0.05) is 12.1 Å². The maximum absolute atomic E-state index is 12.6. The minimum atomic E-state index is -0.162. The SMILES string of the molecule is CC[C@H](C(=O)Nc1cc(C)on1)N1CCC[C@@H](c2cc(C)[nH]n2)C1. The van der Waals surface area contributed by atoms with Gasteiger partial charge < -0.3 is 9.84 Å². The van der Waals surface area contributed by atoms with E-state index in [4.69, 9.17) is 4.52 Å². The van der Waals surface area contributed by atoms with Gasteiger partial charge in [0.2, 0.25) is 5.91 Å². The van der Waals surface area contributed by atoms with Crippen molar-refractivity contribution in [2.75, 3.05) is 18.4 Å². The molecule has 3 heterocycles. The zero-order valence-corrected chi connectivity index (χ0v) is 14.5. The molecule has 0 bridgehead atoms. The third kappa shape index (κ3) is 3.67. The molecule has 1 aliphatic rings. The first kappa shape index (κ1) is 16.7. The van der Waals surface area contributed by atoms with Gasteiger partial charge in [0.05, 0.1) is 11.7 Å². The highest BCUT2D eigenvalue weighted by molar-refractivity contribution is 5.94. The van der Waals surface area contributed by atoms with Gasteiger partial charge in [-0.2, -0.15) is 5.10 Å². The summed E-state index contributed by atoms with van der Waals surface area (Å²) in [5, 5.41) is 14.1. The summed E-state index contributed by atoms with van der Waals surface area (Å²) in [4.78, 5) is 14.9. The predicted octanol–water partition coefficient (Wildman–Crippen LogP) is 2.61. The third-order valence-corrected chi connectivity index (χ3v) is 4.61. The van der Waals surface area contributed by atoms with Crippen LogP contribution in [-0.4, -0.2) is 45.3 Å². The summed E-state index contributed by atoms with van der Waals surface area (Å²) in [5.74, 6) is 1.52. The summed E-state index contributed by atoms with van der Waals surface area (Å²) in [6, 6.07) is 3.67. The van der Waals surface area contributed by atoms with Crippen LogP contribution in [0.3, 0.4) is 0 Å². The lowest BCUT2D eigenvalue weighted by Gasteiger charge is -2.36. The van der Waals surface area contributed by atoms with Crippen LogP contribution in [0.25, 0.3) is 0 Å². The fourth-order valence-corrected chi connectivity index (χ4v) is 3.42. The van der Waals surface area contributed by atoms with E-state index in [2.05, 4.69) is 31.6 Å². The van der Waals surface area contributed by atoms with Crippen molar-refractivity contribution in [2.24, 2.45) is 0 Å². The number of aromatic amines is 1. The number of piperidine rings is 1. The Kier molecular flexibility index (Phi) is 4.99. The van der Waals surface area contributed by atoms with Gasteiger partial charge in [0.1, 0.15) is 5.76 Å². The molecule has 2 aromatic heterocycles. The summed E-state index contributed by atoms with van der Waals surface area (Å²) in [6.07, 6.45) is 2.94. The number of H-pyrrole nitrogens is 1. The average Bonchev–Trinajstić information content (AvgIpc) is 3.17. The Morgan fingerprint density at radius 2 is 2.33 bits per heavy atom. The van der Waals surface area contributed by atoms with Gasteiger partial charge in [0, 0.05) is 24.2 Å². The number of hydrogen-bond acceptors (Lipinski definition) is 5. The maximum Gasteiger partial charge on any atom is 0.242 e. The van der Waals surface area contributed by atoms with Crippen molar-refractivity contribution in [3.05, 3.63) is 29.3 Å². The number of rotatable bonds is 5. The molecular formula is C17H25N5O2. The molecule has 0 spiro atoms. The van der Waals surface area contributed by atoms with E-state index >= 15 is 0 Å².